The summed E-state index contributed by atoms with van der Waals surface area (Å²) in [5.41, 5.74) is 1.12. The molecule has 1 aromatic rings. The zero-order valence-electron chi connectivity index (χ0n) is 15.0. The molecule has 25 heavy (non-hydrogen) atoms. The molecule has 1 amide bonds. The fraction of sp³-hybridized carbons (Fsp3) is 0.650. The molecule has 2 heterocycles. The van der Waals surface area contributed by atoms with Crippen molar-refractivity contribution < 1.29 is 14.3 Å². The van der Waals surface area contributed by atoms with Crippen molar-refractivity contribution in [1.82, 2.24) is 10.2 Å². The summed E-state index contributed by atoms with van der Waals surface area (Å²) < 4.78 is 11.7. The quantitative estimate of drug-likeness (QED) is 0.891. The van der Waals surface area contributed by atoms with Gasteiger partial charge < -0.3 is 14.8 Å². The number of rotatable bonds is 5. The first kappa shape index (κ1) is 16.9. The second-order valence-electron chi connectivity index (χ2n) is 7.78. The maximum atomic E-state index is 12.1. The van der Waals surface area contributed by atoms with Crippen LogP contribution in [0.1, 0.15) is 37.7 Å². The third kappa shape index (κ3) is 3.82. The number of benzene rings is 1. The van der Waals surface area contributed by atoms with Crippen LogP contribution in [0.4, 0.5) is 0 Å². The average Bonchev–Trinajstić information content (AvgIpc) is 3.40. The van der Waals surface area contributed by atoms with Gasteiger partial charge in [-0.3, -0.25) is 9.69 Å². The molecule has 3 fully saturated rings. The number of hydrogen-bond acceptors (Lipinski definition) is 4. The second-order valence-corrected chi connectivity index (χ2v) is 7.78. The molecule has 1 aliphatic carbocycles. The largest absolute Gasteiger partial charge is 0.496 e. The van der Waals surface area contributed by atoms with E-state index >= 15 is 0 Å². The lowest BCUT2D eigenvalue weighted by Gasteiger charge is -2.38. The minimum atomic E-state index is -0.0955. The molecule has 2 atom stereocenters. The predicted octanol–water partition coefficient (Wildman–Crippen LogP) is 2.34. The Bertz CT molecular complexity index is 631. The highest BCUT2D eigenvalue weighted by Crippen LogP contribution is 2.36. The van der Waals surface area contributed by atoms with E-state index in [0.29, 0.717) is 0 Å². The lowest BCUT2D eigenvalue weighted by Crippen LogP contribution is -2.50. The van der Waals surface area contributed by atoms with Crippen LogP contribution >= 0.6 is 0 Å². The maximum Gasteiger partial charge on any atom is 0.223 e. The molecule has 1 N–H and O–H groups in total. The Morgan fingerprint density at radius 3 is 3.00 bits per heavy atom. The van der Waals surface area contributed by atoms with Gasteiger partial charge in [0.05, 0.1) is 12.7 Å². The van der Waals surface area contributed by atoms with Crippen LogP contribution in [0, 0.1) is 5.92 Å². The zero-order chi connectivity index (χ0) is 17.3. The van der Waals surface area contributed by atoms with E-state index in [0.717, 1.165) is 64.1 Å². The van der Waals surface area contributed by atoms with E-state index in [2.05, 4.69) is 22.3 Å². The minimum absolute atomic E-state index is 0.0955. The van der Waals surface area contributed by atoms with Gasteiger partial charge in [0.1, 0.15) is 5.75 Å². The SMILES string of the molecule is COc1ccccc1CN1CC[C@]2(C[C@H](NC(=O)C3CC3)CCO2)C1. The smallest absolute Gasteiger partial charge is 0.223 e. The fourth-order valence-electron chi connectivity index (χ4n) is 4.24. The summed E-state index contributed by atoms with van der Waals surface area (Å²) in [5, 5.41) is 3.26. The van der Waals surface area contributed by atoms with Crippen LogP contribution in [0.3, 0.4) is 0 Å². The Kier molecular flexibility index (Phi) is 4.69. The molecule has 0 radical (unpaired) electrons. The number of carbonyl (C=O) groups is 1. The molecule has 2 saturated heterocycles. The van der Waals surface area contributed by atoms with Gasteiger partial charge in [0, 0.05) is 43.8 Å². The van der Waals surface area contributed by atoms with Gasteiger partial charge in [0.15, 0.2) is 0 Å². The van der Waals surface area contributed by atoms with Crippen molar-refractivity contribution in [3.63, 3.8) is 0 Å². The number of ether oxygens (including phenoxy) is 2. The normalized spacial score (nSPS) is 29.7. The monoisotopic (exact) mass is 344 g/mol. The van der Waals surface area contributed by atoms with Crippen molar-refractivity contribution in [2.45, 2.75) is 50.3 Å². The molecule has 1 saturated carbocycles. The topological polar surface area (TPSA) is 50.8 Å². The van der Waals surface area contributed by atoms with Gasteiger partial charge >= 0.3 is 0 Å². The Morgan fingerprint density at radius 1 is 1.36 bits per heavy atom. The molecule has 1 aromatic carbocycles. The second kappa shape index (κ2) is 6.96. The Morgan fingerprint density at radius 2 is 2.20 bits per heavy atom. The predicted molar refractivity (Wildman–Crippen MR) is 95.5 cm³/mol. The number of amides is 1. The summed E-state index contributed by atoms with van der Waals surface area (Å²) in [6, 6.07) is 8.48. The van der Waals surface area contributed by atoms with E-state index < -0.39 is 0 Å². The first-order valence-corrected chi connectivity index (χ1v) is 9.46. The molecule has 0 bridgehead atoms. The molecule has 136 valence electrons. The highest BCUT2D eigenvalue weighted by atomic mass is 16.5. The molecule has 5 nitrogen and oxygen atoms in total. The number of carbonyl (C=O) groups excluding carboxylic acids is 1. The Labute approximate surface area is 149 Å². The number of nitrogens with one attached hydrogen (secondary N) is 1. The maximum absolute atomic E-state index is 12.1. The van der Waals surface area contributed by atoms with Crippen LogP contribution in [0.25, 0.3) is 0 Å². The van der Waals surface area contributed by atoms with Crippen molar-refractivity contribution in [2.24, 2.45) is 5.92 Å². The molecule has 4 rings (SSSR count). The van der Waals surface area contributed by atoms with Crippen molar-refractivity contribution >= 4 is 5.91 Å². The lowest BCUT2D eigenvalue weighted by atomic mass is 9.89. The van der Waals surface area contributed by atoms with E-state index in [9.17, 15) is 4.79 Å². The van der Waals surface area contributed by atoms with Crippen molar-refractivity contribution in [1.29, 1.82) is 0 Å². The third-order valence-corrected chi connectivity index (χ3v) is 5.77. The van der Waals surface area contributed by atoms with Crippen molar-refractivity contribution in [2.75, 3.05) is 26.8 Å². The molecular weight excluding hydrogens is 316 g/mol. The first-order chi connectivity index (χ1) is 12.2. The molecular formula is C20H28N2O3. The molecule has 1 spiro atoms. The summed E-state index contributed by atoms with van der Waals surface area (Å²) >= 11 is 0. The van der Waals surface area contributed by atoms with Crippen LogP contribution in [0.5, 0.6) is 5.75 Å². The minimum Gasteiger partial charge on any atom is -0.496 e. The van der Waals surface area contributed by atoms with Crippen LogP contribution in [-0.2, 0) is 16.1 Å². The van der Waals surface area contributed by atoms with Crippen LogP contribution in [-0.4, -0.2) is 49.3 Å². The number of nitrogens with zero attached hydrogens (tertiary/aromatic N) is 1. The van der Waals surface area contributed by atoms with Crippen molar-refractivity contribution in [3.05, 3.63) is 29.8 Å². The summed E-state index contributed by atoms with van der Waals surface area (Å²) in [5.74, 6) is 1.48. The van der Waals surface area contributed by atoms with E-state index in [1.165, 1.54) is 5.56 Å². The number of para-hydroxylation sites is 1. The molecule has 0 unspecified atom stereocenters. The zero-order valence-corrected chi connectivity index (χ0v) is 15.0. The molecule has 0 aromatic heterocycles. The number of methoxy groups -OCH3 is 1. The van der Waals surface area contributed by atoms with E-state index in [4.69, 9.17) is 9.47 Å². The summed E-state index contributed by atoms with van der Waals surface area (Å²) in [6.45, 7) is 3.59. The van der Waals surface area contributed by atoms with Gasteiger partial charge in [-0.2, -0.15) is 0 Å². The standard InChI is InChI=1S/C20H28N2O3/c1-24-18-5-3-2-4-16(18)13-22-10-9-20(14-22)12-17(8-11-25-20)21-19(23)15-6-7-15/h2-5,15,17H,6-14H2,1H3,(H,21,23)/t17-,20+/m1/s1. The van der Waals surface area contributed by atoms with Crippen LogP contribution in [0.15, 0.2) is 24.3 Å². The van der Waals surface area contributed by atoms with Gasteiger partial charge in [-0.25, -0.2) is 0 Å². The van der Waals surface area contributed by atoms with Gasteiger partial charge in [0.2, 0.25) is 5.91 Å². The van der Waals surface area contributed by atoms with Gasteiger partial charge in [-0.1, -0.05) is 18.2 Å². The molecule has 3 aliphatic rings. The Hall–Kier alpha value is -1.59. The molecule has 2 aliphatic heterocycles. The fourth-order valence-corrected chi connectivity index (χ4v) is 4.24. The molecule has 5 heteroatoms. The average molecular weight is 344 g/mol. The lowest BCUT2D eigenvalue weighted by molar-refractivity contribution is -0.126. The van der Waals surface area contributed by atoms with E-state index in [1.54, 1.807) is 7.11 Å². The van der Waals surface area contributed by atoms with E-state index in [1.807, 2.05) is 12.1 Å². The number of hydrogen-bond donors (Lipinski definition) is 1. The van der Waals surface area contributed by atoms with Crippen LogP contribution in [0.2, 0.25) is 0 Å². The van der Waals surface area contributed by atoms with Gasteiger partial charge in [-0.05, 0) is 38.2 Å². The summed E-state index contributed by atoms with van der Waals surface area (Å²) in [7, 11) is 1.72. The summed E-state index contributed by atoms with van der Waals surface area (Å²) in [6.07, 6.45) is 5.04. The summed E-state index contributed by atoms with van der Waals surface area (Å²) in [4.78, 5) is 14.5. The highest BCUT2D eigenvalue weighted by Gasteiger charge is 2.44. The first-order valence-electron chi connectivity index (χ1n) is 9.46. The van der Waals surface area contributed by atoms with Crippen molar-refractivity contribution in [3.8, 4) is 5.75 Å². The number of likely N-dealkylation sites (tertiary alicyclic amines) is 1. The van der Waals surface area contributed by atoms with Gasteiger partial charge in [-0.15, -0.1) is 0 Å². The van der Waals surface area contributed by atoms with E-state index in [-0.39, 0.29) is 23.5 Å². The third-order valence-electron chi connectivity index (χ3n) is 5.77. The van der Waals surface area contributed by atoms with Gasteiger partial charge in [0.25, 0.3) is 0 Å². The Balaban J connectivity index is 1.36. The highest BCUT2D eigenvalue weighted by molar-refractivity contribution is 5.81. The van der Waals surface area contributed by atoms with Crippen LogP contribution < -0.4 is 10.1 Å².